The van der Waals surface area contributed by atoms with E-state index in [2.05, 4.69) is 0 Å². The number of aromatic carboxylic acids is 1. The van der Waals surface area contributed by atoms with E-state index in [0.29, 0.717) is 6.61 Å². The highest BCUT2D eigenvalue weighted by Crippen LogP contribution is 2.06. The van der Waals surface area contributed by atoms with Gasteiger partial charge in [0.05, 0.1) is 12.2 Å². The van der Waals surface area contributed by atoms with Crippen LogP contribution < -0.4 is 0 Å². The van der Waals surface area contributed by atoms with E-state index >= 15 is 0 Å². The first-order valence-electron chi connectivity index (χ1n) is 5.81. The molecule has 18 heavy (non-hydrogen) atoms. The van der Waals surface area contributed by atoms with Crippen LogP contribution in [0.25, 0.3) is 6.08 Å². The maximum atomic E-state index is 11.3. The minimum absolute atomic E-state index is 0.220. The zero-order valence-corrected chi connectivity index (χ0v) is 10.3. The summed E-state index contributed by atoms with van der Waals surface area (Å²) in [6.45, 7) is 2.45. The quantitative estimate of drug-likeness (QED) is 0.477. The standard InChI is InChI=1S/C14H16O4/c1-2-3-10-18-13(15)9-6-11-4-7-12(8-5-11)14(16)17/h4-9H,2-3,10H2,1H3,(H,16,17)/b9-6+. The Hall–Kier alpha value is -2.10. The van der Waals surface area contributed by atoms with Crippen LogP contribution in [0.5, 0.6) is 0 Å². The lowest BCUT2D eigenvalue weighted by atomic mass is 10.1. The summed E-state index contributed by atoms with van der Waals surface area (Å²) in [5.74, 6) is -1.35. The number of rotatable bonds is 6. The molecule has 0 amide bonds. The summed E-state index contributed by atoms with van der Waals surface area (Å²) >= 11 is 0. The molecule has 0 unspecified atom stereocenters. The fourth-order valence-electron chi connectivity index (χ4n) is 1.27. The Morgan fingerprint density at radius 2 is 1.94 bits per heavy atom. The summed E-state index contributed by atoms with van der Waals surface area (Å²) in [6.07, 6.45) is 4.77. The Morgan fingerprint density at radius 1 is 1.28 bits per heavy atom. The average Bonchev–Trinajstić information content (AvgIpc) is 2.37. The van der Waals surface area contributed by atoms with E-state index in [1.54, 1.807) is 18.2 Å². The van der Waals surface area contributed by atoms with Crippen LogP contribution in [0, 0.1) is 0 Å². The molecular weight excluding hydrogens is 232 g/mol. The lowest BCUT2D eigenvalue weighted by Crippen LogP contribution is -2.01. The van der Waals surface area contributed by atoms with Gasteiger partial charge >= 0.3 is 11.9 Å². The predicted molar refractivity (Wildman–Crippen MR) is 68.3 cm³/mol. The van der Waals surface area contributed by atoms with E-state index in [9.17, 15) is 9.59 Å². The first kappa shape index (κ1) is 14.0. The second kappa shape index (κ2) is 7.27. The van der Waals surface area contributed by atoms with Crippen LogP contribution in [-0.4, -0.2) is 23.7 Å². The molecule has 0 aliphatic carbocycles. The summed E-state index contributed by atoms with van der Waals surface area (Å²) in [7, 11) is 0. The van der Waals surface area contributed by atoms with Crippen molar-refractivity contribution in [1.82, 2.24) is 0 Å². The molecule has 0 atom stereocenters. The van der Waals surface area contributed by atoms with Gasteiger partial charge in [0, 0.05) is 6.08 Å². The van der Waals surface area contributed by atoms with E-state index in [0.717, 1.165) is 18.4 Å². The van der Waals surface area contributed by atoms with E-state index in [-0.39, 0.29) is 11.5 Å². The normalized spacial score (nSPS) is 10.5. The Morgan fingerprint density at radius 3 is 2.50 bits per heavy atom. The number of hydrogen-bond donors (Lipinski definition) is 1. The molecule has 1 aromatic rings. The Bertz CT molecular complexity index is 432. The maximum Gasteiger partial charge on any atom is 0.335 e. The number of carboxylic acid groups (broad SMARTS) is 1. The van der Waals surface area contributed by atoms with Gasteiger partial charge in [-0.25, -0.2) is 9.59 Å². The number of ether oxygens (including phenoxy) is 1. The molecule has 0 spiro atoms. The largest absolute Gasteiger partial charge is 0.478 e. The van der Waals surface area contributed by atoms with Crippen molar-refractivity contribution in [1.29, 1.82) is 0 Å². The molecule has 1 rings (SSSR count). The van der Waals surface area contributed by atoms with Crippen LogP contribution in [0.15, 0.2) is 30.3 Å². The molecular formula is C14H16O4. The van der Waals surface area contributed by atoms with Gasteiger partial charge in [0.25, 0.3) is 0 Å². The van der Waals surface area contributed by atoms with Crippen molar-refractivity contribution in [3.8, 4) is 0 Å². The summed E-state index contributed by atoms with van der Waals surface area (Å²) in [6, 6.07) is 6.26. The third-order valence-corrected chi connectivity index (χ3v) is 2.31. The highest BCUT2D eigenvalue weighted by atomic mass is 16.5. The number of carboxylic acids is 1. The topological polar surface area (TPSA) is 63.6 Å². The van der Waals surface area contributed by atoms with Crippen molar-refractivity contribution in [3.63, 3.8) is 0 Å². The van der Waals surface area contributed by atoms with Gasteiger partial charge in [-0.3, -0.25) is 0 Å². The molecule has 0 radical (unpaired) electrons. The average molecular weight is 248 g/mol. The Labute approximate surface area is 106 Å². The molecule has 4 heteroatoms. The van der Waals surface area contributed by atoms with Gasteiger partial charge in [0.1, 0.15) is 0 Å². The smallest absolute Gasteiger partial charge is 0.335 e. The van der Waals surface area contributed by atoms with Crippen molar-refractivity contribution in [2.75, 3.05) is 6.61 Å². The molecule has 96 valence electrons. The van der Waals surface area contributed by atoms with Crippen molar-refractivity contribution < 1.29 is 19.4 Å². The van der Waals surface area contributed by atoms with Gasteiger partial charge < -0.3 is 9.84 Å². The van der Waals surface area contributed by atoms with Gasteiger partial charge in [-0.15, -0.1) is 0 Å². The lowest BCUT2D eigenvalue weighted by Gasteiger charge is -1.99. The van der Waals surface area contributed by atoms with Crippen molar-refractivity contribution in [3.05, 3.63) is 41.5 Å². The van der Waals surface area contributed by atoms with Crippen molar-refractivity contribution in [2.24, 2.45) is 0 Å². The number of benzene rings is 1. The van der Waals surface area contributed by atoms with Crippen molar-refractivity contribution in [2.45, 2.75) is 19.8 Å². The van der Waals surface area contributed by atoms with E-state index in [1.807, 2.05) is 6.92 Å². The van der Waals surface area contributed by atoms with Crippen LogP contribution >= 0.6 is 0 Å². The SMILES string of the molecule is CCCCOC(=O)/C=C/c1ccc(C(=O)O)cc1. The second-order valence-corrected chi connectivity index (χ2v) is 3.78. The summed E-state index contributed by atoms with van der Waals surface area (Å²) in [5.41, 5.74) is 0.977. The zero-order chi connectivity index (χ0) is 13.4. The fraction of sp³-hybridized carbons (Fsp3) is 0.286. The van der Waals surface area contributed by atoms with Gasteiger partial charge in [0.2, 0.25) is 0 Å². The molecule has 4 nitrogen and oxygen atoms in total. The Balaban J connectivity index is 2.51. The van der Waals surface area contributed by atoms with Gasteiger partial charge in [-0.1, -0.05) is 25.5 Å². The molecule has 0 saturated carbocycles. The minimum Gasteiger partial charge on any atom is -0.478 e. The molecule has 0 aliphatic heterocycles. The fourth-order valence-corrected chi connectivity index (χ4v) is 1.27. The van der Waals surface area contributed by atoms with Crippen LogP contribution in [0.4, 0.5) is 0 Å². The number of esters is 1. The molecule has 0 heterocycles. The Kier molecular flexibility index (Phi) is 5.64. The molecule has 1 N–H and O–H groups in total. The zero-order valence-electron chi connectivity index (χ0n) is 10.3. The third kappa shape index (κ3) is 4.82. The highest BCUT2D eigenvalue weighted by molar-refractivity contribution is 5.89. The second-order valence-electron chi connectivity index (χ2n) is 3.78. The third-order valence-electron chi connectivity index (χ3n) is 2.31. The van der Waals surface area contributed by atoms with Gasteiger partial charge in [-0.2, -0.15) is 0 Å². The minimum atomic E-state index is -0.968. The van der Waals surface area contributed by atoms with Crippen LogP contribution in [-0.2, 0) is 9.53 Å². The molecule has 0 fully saturated rings. The monoisotopic (exact) mass is 248 g/mol. The van der Waals surface area contributed by atoms with Crippen LogP contribution in [0.2, 0.25) is 0 Å². The van der Waals surface area contributed by atoms with E-state index in [4.69, 9.17) is 9.84 Å². The summed E-state index contributed by atoms with van der Waals surface area (Å²) < 4.78 is 4.95. The number of unbranched alkanes of at least 4 members (excludes halogenated alkanes) is 1. The molecule has 0 saturated heterocycles. The van der Waals surface area contributed by atoms with Gasteiger partial charge in [-0.05, 0) is 30.2 Å². The van der Waals surface area contributed by atoms with E-state index in [1.165, 1.54) is 18.2 Å². The highest BCUT2D eigenvalue weighted by Gasteiger charge is 2.00. The maximum absolute atomic E-state index is 11.3. The number of hydrogen-bond acceptors (Lipinski definition) is 3. The summed E-state index contributed by atoms with van der Waals surface area (Å²) in [4.78, 5) is 21.9. The molecule has 0 bridgehead atoms. The molecule has 0 aromatic heterocycles. The first-order chi connectivity index (χ1) is 8.63. The number of carbonyl (C=O) groups excluding carboxylic acids is 1. The lowest BCUT2D eigenvalue weighted by molar-refractivity contribution is -0.137. The number of carbonyl (C=O) groups is 2. The predicted octanol–water partition coefficient (Wildman–Crippen LogP) is 2.74. The van der Waals surface area contributed by atoms with Gasteiger partial charge in [0.15, 0.2) is 0 Å². The first-order valence-corrected chi connectivity index (χ1v) is 5.81. The summed E-state index contributed by atoms with van der Waals surface area (Å²) in [5, 5.41) is 8.72. The van der Waals surface area contributed by atoms with Crippen LogP contribution in [0.1, 0.15) is 35.7 Å². The molecule has 1 aromatic carbocycles. The van der Waals surface area contributed by atoms with E-state index < -0.39 is 5.97 Å². The van der Waals surface area contributed by atoms with Crippen LogP contribution in [0.3, 0.4) is 0 Å². The van der Waals surface area contributed by atoms with Crippen molar-refractivity contribution >= 4 is 18.0 Å². The molecule has 0 aliphatic rings.